The Bertz CT molecular complexity index is 1170. The van der Waals surface area contributed by atoms with Crippen molar-refractivity contribution < 1.29 is 18.3 Å². The molecule has 2 aromatic carbocycles. The molecule has 9 heteroatoms. The minimum Gasteiger partial charge on any atom is -0.478 e. The zero-order valence-corrected chi connectivity index (χ0v) is 16.8. The lowest BCUT2D eigenvalue weighted by Crippen LogP contribution is -2.16. The van der Waals surface area contributed by atoms with E-state index < -0.39 is 16.0 Å². The van der Waals surface area contributed by atoms with E-state index in [2.05, 4.69) is 14.6 Å². The maximum atomic E-state index is 12.8. The number of thiazole rings is 1. The van der Waals surface area contributed by atoms with Gasteiger partial charge in [0, 0.05) is 13.1 Å². The Morgan fingerprint density at radius 1 is 1.18 bits per heavy atom. The predicted octanol–water partition coefficient (Wildman–Crippen LogP) is 3.70. The number of hydrogen-bond acceptors (Lipinski definition) is 6. The molecule has 0 amide bonds. The molecule has 1 aliphatic rings. The Morgan fingerprint density at radius 3 is 2.64 bits per heavy atom. The van der Waals surface area contributed by atoms with Crippen LogP contribution in [0.1, 0.15) is 28.8 Å². The number of carbonyl (C=O) groups is 1. The van der Waals surface area contributed by atoms with Crippen LogP contribution < -0.4 is 9.62 Å². The summed E-state index contributed by atoms with van der Waals surface area (Å²) in [5.74, 6) is -1.17. The molecule has 0 bridgehead atoms. The molecule has 0 spiro atoms. The van der Waals surface area contributed by atoms with Gasteiger partial charge in [-0.05, 0) is 55.7 Å². The van der Waals surface area contributed by atoms with Crippen LogP contribution in [0.4, 0.5) is 10.8 Å². The molecule has 1 saturated heterocycles. The van der Waals surface area contributed by atoms with E-state index in [0.717, 1.165) is 41.3 Å². The number of carboxylic acid groups (broad SMARTS) is 1. The summed E-state index contributed by atoms with van der Waals surface area (Å²) < 4.78 is 29.1. The molecule has 0 saturated carbocycles. The van der Waals surface area contributed by atoms with Crippen LogP contribution >= 0.6 is 11.3 Å². The number of aromatic nitrogens is 1. The Balaban J connectivity index is 1.65. The van der Waals surface area contributed by atoms with Gasteiger partial charge in [0.25, 0.3) is 10.0 Å². The fourth-order valence-corrected chi connectivity index (χ4v) is 5.63. The van der Waals surface area contributed by atoms with Crippen LogP contribution in [0.2, 0.25) is 0 Å². The summed E-state index contributed by atoms with van der Waals surface area (Å²) in [6, 6.07) is 9.29. The predicted molar refractivity (Wildman–Crippen MR) is 110 cm³/mol. The molecule has 1 fully saturated rings. The number of aromatic carboxylic acids is 1. The van der Waals surface area contributed by atoms with Gasteiger partial charge in [0.05, 0.1) is 26.4 Å². The number of nitrogens with zero attached hydrogens (tertiary/aromatic N) is 2. The molecule has 2 heterocycles. The van der Waals surface area contributed by atoms with Crippen LogP contribution in [-0.4, -0.2) is 37.6 Å². The van der Waals surface area contributed by atoms with Crippen LogP contribution in [0, 0.1) is 6.92 Å². The Morgan fingerprint density at radius 2 is 1.93 bits per heavy atom. The van der Waals surface area contributed by atoms with Crippen molar-refractivity contribution in [1.82, 2.24) is 4.98 Å². The summed E-state index contributed by atoms with van der Waals surface area (Å²) in [4.78, 5) is 18.0. The maximum Gasteiger partial charge on any atom is 0.335 e. The average molecular weight is 418 g/mol. The molecule has 1 aliphatic heterocycles. The highest BCUT2D eigenvalue weighted by molar-refractivity contribution is 7.92. The fraction of sp³-hybridized carbons (Fsp3) is 0.263. The third-order valence-electron chi connectivity index (χ3n) is 4.73. The van der Waals surface area contributed by atoms with Crippen molar-refractivity contribution in [2.24, 2.45) is 0 Å². The van der Waals surface area contributed by atoms with Crippen molar-refractivity contribution in [3.05, 3.63) is 47.5 Å². The quantitative estimate of drug-likeness (QED) is 0.657. The molecule has 0 atom stereocenters. The standard InChI is InChI=1S/C19H19N3O4S2/c1-12-4-5-13(18(23)24)10-17(12)28(25,26)21-14-6-7-15-16(11-14)27-19(20-15)22-8-2-3-9-22/h4-7,10-11,21H,2-3,8-9H2,1H3,(H,23,24). The van der Waals surface area contributed by atoms with E-state index in [1.54, 1.807) is 36.5 Å². The van der Waals surface area contributed by atoms with Crippen LogP contribution in [0.5, 0.6) is 0 Å². The van der Waals surface area contributed by atoms with Crippen molar-refractivity contribution in [2.45, 2.75) is 24.7 Å². The molecule has 28 heavy (non-hydrogen) atoms. The van der Waals surface area contributed by atoms with Crippen molar-refractivity contribution in [3.8, 4) is 0 Å². The molecule has 1 aromatic heterocycles. The summed E-state index contributed by atoms with van der Waals surface area (Å²) in [5, 5.41) is 10.1. The van der Waals surface area contributed by atoms with Gasteiger partial charge in [-0.25, -0.2) is 18.2 Å². The number of carboxylic acids is 1. The number of fused-ring (bicyclic) bond motifs is 1. The Hall–Kier alpha value is -2.65. The number of sulfonamides is 1. The average Bonchev–Trinajstić information content (AvgIpc) is 3.30. The highest BCUT2D eigenvalue weighted by atomic mass is 32.2. The van der Waals surface area contributed by atoms with Gasteiger partial charge >= 0.3 is 5.97 Å². The normalized spacial score (nSPS) is 14.5. The number of rotatable bonds is 5. The van der Waals surface area contributed by atoms with E-state index in [1.165, 1.54) is 18.2 Å². The van der Waals surface area contributed by atoms with E-state index in [-0.39, 0.29) is 10.5 Å². The fourth-order valence-electron chi connectivity index (χ4n) is 3.25. The second-order valence-electron chi connectivity index (χ2n) is 6.76. The van der Waals surface area contributed by atoms with Crippen LogP contribution in [-0.2, 0) is 10.0 Å². The van der Waals surface area contributed by atoms with Gasteiger partial charge in [0.1, 0.15) is 0 Å². The summed E-state index contributed by atoms with van der Waals surface area (Å²) >= 11 is 1.54. The van der Waals surface area contributed by atoms with Gasteiger partial charge in [0.15, 0.2) is 5.13 Å². The van der Waals surface area contributed by atoms with Gasteiger partial charge < -0.3 is 10.0 Å². The smallest absolute Gasteiger partial charge is 0.335 e. The largest absolute Gasteiger partial charge is 0.478 e. The minimum absolute atomic E-state index is 0.0467. The summed E-state index contributed by atoms with van der Waals surface area (Å²) in [6.45, 7) is 3.63. The van der Waals surface area contributed by atoms with Gasteiger partial charge in [-0.2, -0.15) is 0 Å². The summed E-state index contributed by atoms with van der Waals surface area (Å²) in [5.41, 5.74) is 1.66. The molecule has 4 rings (SSSR count). The van der Waals surface area contributed by atoms with Crippen molar-refractivity contribution in [1.29, 1.82) is 0 Å². The molecule has 3 aromatic rings. The minimum atomic E-state index is -3.92. The highest BCUT2D eigenvalue weighted by Crippen LogP contribution is 2.33. The second kappa shape index (κ2) is 7.06. The molecule has 2 N–H and O–H groups in total. The topological polar surface area (TPSA) is 99.6 Å². The zero-order chi connectivity index (χ0) is 19.9. The Labute approximate surface area is 166 Å². The maximum absolute atomic E-state index is 12.8. The summed E-state index contributed by atoms with van der Waals surface area (Å²) in [7, 11) is -3.92. The summed E-state index contributed by atoms with van der Waals surface area (Å²) in [6.07, 6.45) is 2.32. The molecule has 146 valence electrons. The van der Waals surface area contributed by atoms with Crippen LogP contribution in [0.3, 0.4) is 0 Å². The SMILES string of the molecule is Cc1ccc(C(=O)O)cc1S(=O)(=O)Nc1ccc2nc(N3CCCC3)sc2c1. The van der Waals surface area contributed by atoms with Gasteiger partial charge in [-0.15, -0.1) is 0 Å². The lowest BCUT2D eigenvalue weighted by atomic mass is 10.1. The van der Waals surface area contributed by atoms with Gasteiger partial charge in [-0.3, -0.25) is 4.72 Å². The number of benzene rings is 2. The molecular formula is C19H19N3O4S2. The van der Waals surface area contributed by atoms with E-state index in [0.29, 0.717) is 11.3 Å². The van der Waals surface area contributed by atoms with E-state index in [9.17, 15) is 13.2 Å². The van der Waals surface area contributed by atoms with E-state index >= 15 is 0 Å². The van der Waals surface area contributed by atoms with Crippen LogP contribution in [0.25, 0.3) is 10.2 Å². The molecule has 0 radical (unpaired) electrons. The molecular weight excluding hydrogens is 398 g/mol. The third kappa shape index (κ3) is 3.55. The second-order valence-corrected chi connectivity index (χ2v) is 9.42. The number of nitrogens with one attached hydrogen (secondary N) is 1. The van der Waals surface area contributed by atoms with Crippen molar-refractivity contribution >= 4 is 48.4 Å². The van der Waals surface area contributed by atoms with E-state index in [1.807, 2.05) is 0 Å². The Kier molecular flexibility index (Phi) is 4.72. The lowest BCUT2D eigenvalue weighted by Gasteiger charge is -2.11. The van der Waals surface area contributed by atoms with Gasteiger partial charge in [0.2, 0.25) is 0 Å². The lowest BCUT2D eigenvalue weighted by molar-refractivity contribution is 0.0696. The third-order valence-corrected chi connectivity index (χ3v) is 7.33. The molecule has 7 nitrogen and oxygen atoms in total. The number of aryl methyl sites for hydroxylation is 1. The first-order chi connectivity index (χ1) is 13.3. The van der Waals surface area contributed by atoms with Crippen molar-refractivity contribution in [2.75, 3.05) is 22.7 Å². The van der Waals surface area contributed by atoms with Gasteiger partial charge in [-0.1, -0.05) is 17.4 Å². The number of anilines is 2. The van der Waals surface area contributed by atoms with E-state index in [4.69, 9.17) is 5.11 Å². The van der Waals surface area contributed by atoms with Crippen LogP contribution in [0.15, 0.2) is 41.3 Å². The first kappa shape index (κ1) is 18.7. The first-order valence-corrected chi connectivity index (χ1v) is 11.2. The highest BCUT2D eigenvalue weighted by Gasteiger charge is 2.20. The van der Waals surface area contributed by atoms with Crippen molar-refractivity contribution in [3.63, 3.8) is 0 Å². The first-order valence-electron chi connectivity index (χ1n) is 8.86. The zero-order valence-electron chi connectivity index (χ0n) is 15.2. The molecule has 0 unspecified atom stereocenters. The monoisotopic (exact) mass is 417 g/mol. The molecule has 0 aliphatic carbocycles. The number of hydrogen-bond donors (Lipinski definition) is 2.